The van der Waals surface area contributed by atoms with Crippen molar-refractivity contribution in [2.75, 3.05) is 20.2 Å². The van der Waals surface area contributed by atoms with E-state index in [-0.39, 0.29) is 18.2 Å². The highest BCUT2D eigenvalue weighted by atomic mass is 16.5. The lowest BCUT2D eigenvalue weighted by molar-refractivity contribution is -0.153. The molecule has 1 aromatic carbocycles. The molecular formula is C18H24N2O5. The molecule has 1 fully saturated rings. The molecule has 2 atom stereocenters. The molecule has 1 aliphatic rings. The van der Waals surface area contributed by atoms with Gasteiger partial charge in [0.25, 0.3) is 5.91 Å². The molecule has 136 valence electrons. The van der Waals surface area contributed by atoms with E-state index in [0.29, 0.717) is 18.8 Å². The Hall–Kier alpha value is -2.57. The summed E-state index contributed by atoms with van der Waals surface area (Å²) in [7, 11) is 1.25. The predicted molar refractivity (Wildman–Crippen MR) is 91.1 cm³/mol. The van der Waals surface area contributed by atoms with E-state index in [1.54, 1.807) is 13.0 Å². The number of nitrogens with zero attached hydrogens (tertiary/aromatic N) is 1. The number of carbonyl (C=O) groups excluding carboxylic acids is 3. The van der Waals surface area contributed by atoms with Gasteiger partial charge in [-0.05, 0) is 38.0 Å². The van der Waals surface area contributed by atoms with Crippen molar-refractivity contribution in [3.05, 3.63) is 29.3 Å². The second-order valence-electron chi connectivity index (χ2n) is 6.08. The van der Waals surface area contributed by atoms with Gasteiger partial charge in [0.1, 0.15) is 11.8 Å². The van der Waals surface area contributed by atoms with Crippen LogP contribution in [0.25, 0.3) is 0 Å². The number of aryl methyl sites for hydroxylation is 1. The van der Waals surface area contributed by atoms with Crippen molar-refractivity contribution >= 4 is 17.8 Å². The van der Waals surface area contributed by atoms with Crippen molar-refractivity contribution in [1.82, 2.24) is 10.2 Å². The molecule has 1 aromatic rings. The molecule has 1 heterocycles. The third-order valence-corrected chi connectivity index (χ3v) is 4.41. The Morgan fingerprint density at radius 3 is 2.76 bits per heavy atom. The van der Waals surface area contributed by atoms with Crippen LogP contribution in [-0.4, -0.2) is 55.0 Å². The monoisotopic (exact) mass is 348 g/mol. The smallest absolute Gasteiger partial charge is 0.308 e. The topological polar surface area (TPSA) is 84.9 Å². The maximum Gasteiger partial charge on any atom is 0.308 e. The summed E-state index contributed by atoms with van der Waals surface area (Å²) in [5.74, 6) is -0.594. The molecule has 0 aromatic heterocycles. The van der Waals surface area contributed by atoms with E-state index in [4.69, 9.17) is 4.74 Å². The number of rotatable bonds is 5. The number of benzene rings is 1. The van der Waals surface area contributed by atoms with Crippen LogP contribution in [0.1, 0.15) is 24.5 Å². The maximum atomic E-state index is 12.8. The molecule has 0 saturated carbocycles. The summed E-state index contributed by atoms with van der Waals surface area (Å²) in [5, 5.41) is 2.67. The third kappa shape index (κ3) is 4.29. The number of hydrogen-bond donors (Lipinski definition) is 1. The van der Waals surface area contributed by atoms with Crippen LogP contribution in [0.5, 0.6) is 5.75 Å². The van der Waals surface area contributed by atoms with Gasteiger partial charge in [0.2, 0.25) is 5.91 Å². The first-order valence-electron chi connectivity index (χ1n) is 8.23. The van der Waals surface area contributed by atoms with Gasteiger partial charge < -0.3 is 19.7 Å². The second kappa shape index (κ2) is 8.00. The van der Waals surface area contributed by atoms with E-state index >= 15 is 0 Å². The number of hydrogen-bond acceptors (Lipinski definition) is 5. The molecule has 0 spiro atoms. The van der Waals surface area contributed by atoms with Crippen LogP contribution in [0.2, 0.25) is 0 Å². The van der Waals surface area contributed by atoms with Crippen LogP contribution >= 0.6 is 0 Å². The van der Waals surface area contributed by atoms with Gasteiger partial charge >= 0.3 is 5.97 Å². The molecule has 0 radical (unpaired) electrons. The molecule has 1 N–H and O–H groups in total. The summed E-state index contributed by atoms with van der Waals surface area (Å²) in [4.78, 5) is 37.8. The van der Waals surface area contributed by atoms with Gasteiger partial charge in [0.15, 0.2) is 6.10 Å². The molecule has 0 bridgehead atoms. The zero-order chi connectivity index (χ0) is 18.6. The largest absolute Gasteiger partial charge is 0.481 e. The number of esters is 1. The Bertz CT molecular complexity index is 673. The van der Waals surface area contributed by atoms with Crippen molar-refractivity contribution in [3.8, 4) is 5.75 Å². The van der Waals surface area contributed by atoms with Gasteiger partial charge in [-0.2, -0.15) is 0 Å². The van der Waals surface area contributed by atoms with Crippen LogP contribution < -0.4 is 10.1 Å². The van der Waals surface area contributed by atoms with Crippen LogP contribution in [0.3, 0.4) is 0 Å². The average Bonchev–Trinajstić information content (AvgIpc) is 2.59. The number of ether oxygens (including phenoxy) is 2. The van der Waals surface area contributed by atoms with E-state index in [9.17, 15) is 14.4 Å². The van der Waals surface area contributed by atoms with Gasteiger partial charge in [-0.3, -0.25) is 14.4 Å². The fourth-order valence-corrected chi connectivity index (χ4v) is 2.75. The second-order valence-corrected chi connectivity index (χ2v) is 6.08. The average molecular weight is 348 g/mol. The predicted octanol–water partition coefficient (Wildman–Crippen LogP) is 0.961. The highest BCUT2D eigenvalue weighted by Gasteiger charge is 2.37. The van der Waals surface area contributed by atoms with Crippen LogP contribution in [0, 0.1) is 13.8 Å². The van der Waals surface area contributed by atoms with E-state index in [2.05, 4.69) is 10.1 Å². The van der Waals surface area contributed by atoms with Crippen LogP contribution in [-0.2, 0) is 19.1 Å². The standard InChI is InChI=1S/C18H24N2O5/c1-11-6-5-7-15(12(11)2)25-13(3)18(23)20-9-8-19-17(22)14(20)10-16(21)24-4/h5-7,13-14H,8-10H2,1-4H3,(H,19,22)/t13-,14-/m1/s1. The van der Waals surface area contributed by atoms with Crippen molar-refractivity contribution in [3.63, 3.8) is 0 Å². The maximum absolute atomic E-state index is 12.8. The minimum atomic E-state index is -0.877. The van der Waals surface area contributed by atoms with Crippen molar-refractivity contribution < 1.29 is 23.9 Å². The zero-order valence-electron chi connectivity index (χ0n) is 15.0. The molecule has 2 rings (SSSR count). The van der Waals surface area contributed by atoms with E-state index in [1.807, 2.05) is 26.0 Å². The van der Waals surface area contributed by atoms with Gasteiger partial charge in [-0.1, -0.05) is 12.1 Å². The minimum Gasteiger partial charge on any atom is -0.481 e. The van der Waals surface area contributed by atoms with Gasteiger partial charge in [-0.15, -0.1) is 0 Å². The van der Waals surface area contributed by atoms with Crippen molar-refractivity contribution in [2.24, 2.45) is 0 Å². The normalized spacial score (nSPS) is 18.3. The highest BCUT2D eigenvalue weighted by Crippen LogP contribution is 2.23. The summed E-state index contributed by atoms with van der Waals surface area (Å²) >= 11 is 0. The van der Waals surface area contributed by atoms with E-state index in [0.717, 1.165) is 11.1 Å². The molecular weight excluding hydrogens is 324 g/mol. The summed E-state index contributed by atoms with van der Waals surface area (Å²) in [6.45, 7) is 6.21. The van der Waals surface area contributed by atoms with Crippen molar-refractivity contribution in [1.29, 1.82) is 0 Å². The summed E-state index contributed by atoms with van der Waals surface area (Å²) in [5.41, 5.74) is 2.03. The number of carbonyl (C=O) groups is 3. The number of methoxy groups -OCH3 is 1. The molecule has 0 unspecified atom stereocenters. The number of piperazine rings is 1. The molecule has 25 heavy (non-hydrogen) atoms. The van der Waals surface area contributed by atoms with Gasteiger partial charge in [0.05, 0.1) is 13.5 Å². The Labute approximate surface area is 147 Å². The lowest BCUT2D eigenvalue weighted by Gasteiger charge is -2.36. The quantitative estimate of drug-likeness (QED) is 0.801. The first-order valence-corrected chi connectivity index (χ1v) is 8.23. The summed E-state index contributed by atoms with van der Waals surface area (Å²) < 4.78 is 10.4. The number of nitrogens with one attached hydrogen (secondary N) is 1. The molecule has 7 nitrogen and oxygen atoms in total. The fraction of sp³-hybridized carbons (Fsp3) is 0.500. The molecule has 0 aliphatic carbocycles. The minimum absolute atomic E-state index is 0.176. The highest BCUT2D eigenvalue weighted by molar-refractivity contribution is 5.93. The zero-order valence-corrected chi connectivity index (χ0v) is 15.0. The Morgan fingerprint density at radius 2 is 2.08 bits per heavy atom. The molecule has 1 saturated heterocycles. The summed E-state index contributed by atoms with van der Waals surface area (Å²) in [6.07, 6.45) is -0.948. The Balaban J connectivity index is 2.14. The van der Waals surface area contributed by atoms with Gasteiger partial charge in [-0.25, -0.2) is 0 Å². The van der Waals surface area contributed by atoms with Gasteiger partial charge in [0, 0.05) is 13.1 Å². The third-order valence-electron chi connectivity index (χ3n) is 4.41. The van der Waals surface area contributed by atoms with E-state index in [1.165, 1.54) is 12.0 Å². The summed E-state index contributed by atoms with van der Waals surface area (Å²) in [6, 6.07) is 4.76. The lowest BCUT2D eigenvalue weighted by Crippen LogP contribution is -2.60. The molecule has 7 heteroatoms. The van der Waals surface area contributed by atoms with E-state index < -0.39 is 18.1 Å². The van der Waals surface area contributed by atoms with Crippen LogP contribution in [0.15, 0.2) is 18.2 Å². The first-order chi connectivity index (χ1) is 11.8. The molecule has 1 aliphatic heterocycles. The SMILES string of the molecule is COC(=O)C[C@@H]1C(=O)NCCN1C(=O)[C@@H](C)Oc1cccc(C)c1C. The fourth-order valence-electron chi connectivity index (χ4n) is 2.75. The van der Waals surface area contributed by atoms with Crippen LogP contribution in [0.4, 0.5) is 0 Å². The van der Waals surface area contributed by atoms with Crippen molar-refractivity contribution in [2.45, 2.75) is 39.3 Å². The lowest BCUT2D eigenvalue weighted by atomic mass is 10.1. The first kappa shape index (κ1) is 18.8. The number of amides is 2. The Morgan fingerprint density at radius 1 is 1.36 bits per heavy atom. The Kier molecular flexibility index (Phi) is 6.01. The molecule has 2 amide bonds.